The standard InChI is InChI=1S/C49H62O6/c1-42(2)24-36-35-23-37(52)41-44(43(35,3)27-46(55)19-13-32-10-6-15-45(32,26-42)48(36,46)28-51)17-12-31-20-29-8-4-5-9-30(29)21-34(31)49(41)33-11-7-16-47(39(53)22-33,40(54)25-50)38(49)14-18-44/h4-5,7-9,11,13,19-21,23,31-34,36,38-41,50-51,53-55H,6,10,12,14-18,22,24-28H2,1-3H3. The van der Waals surface area contributed by atoms with Gasteiger partial charge in [-0.15, -0.1) is 0 Å². The van der Waals surface area contributed by atoms with Crippen LogP contribution in [0.5, 0.6) is 0 Å². The summed E-state index contributed by atoms with van der Waals surface area (Å²) in [6.45, 7) is 6.69. The summed E-state index contributed by atoms with van der Waals surface area (Å²) in [4.78, 5) is 16.1. The predicted octanol–water partition coefficient (Wildman–Crippen LogP) is 5.39. The highest BCUT2D eigenvalue weighted by Gasteiger charge is 2.83. The van der Waals surface area contributed by atoms with Gasteiger partial charge >= 0.3 is 0 Å². The molecule has 6 saturated carbocycles. The van der Waals surface area contributed by atoms with Crippen LogP contribution in [0.1, 0.15) is 97.8 Å². The van der Waals surface area contributed by atoms with Gasteiger partial charge in [0.15, 0.2) is 5.78 Å². The summed E-state index contributed by atoms with van der Waals surface area (Å²) in [5, 5.41) is 63.1. The molecule has 12 rings (SSSR count). The third-order valence-electron chi connectivity index (χ3n) is 20.1. The zero-order valence-electron chi connectivity index (χ0n) is 33.1. The van der Waals surface area contributed by atoms with E-state index in [0.717, 1.165) is 57.8 Å². The number of aliphatic hydroxyl groups is 5. The van der Waals surface area contributed by atoms with Gasteiger partial charge in [0.05, 0.1) is 31.0 Å². The van der Waals surface area contributed by atoms with Crippen LogP contribution in [0.4, 0.5) is 0 Å². The van der Waals surface area contributed by atoms with E-state index in [-0.39, 0.29) is 58.7 Å². The zero-order valence-corrected chi connectivity index (χ0v) is 33.1. The van der Waals surface area contributed by atoms with Crippen LogP contribution in [-0.4, -0.2) is 62.3 Å². The lowest BCUT2D eigenvalue weighted by Gasteiger charge is -2.77. The van der Waals surface area contributed by atoms with Crippen molar-refractivity contribution in [2.45, 2.75) is 116 Å². The Balaban J connectivity index is 1.20. The number of ketones is 1. The lowest BCUT2D eigenvalue weighted by Crippen LogP contribution is -2.77. The topological polar surface area (TPSA) is 118 Å². The van der Waals surface area contributed by atoms with E-state index in [1.807, 2.05) is 0 Å². The van der Waals surface area contributed by atoms with Crippen molar-refractivity contribution in [2.75, 3.05) is 13.2 Å². The average molecular weight is 747 g/mol. The maximum absolute atomic E-state index is 16.1. The van der Waals surface area contributed by atoms with E-state index >= 15 is 4.79 Å². The Kier molecular flexibility index (Phi) is 7.17. The van der Waals surface area contributed by atoms with E-state index in [9.17, 15) is 25.5 Å². The maximum Gasteiger partial charge on any atom is 0.159 e. The highest BCUT2D eigenvalue weighted by Crippen LogP contribution is 2.85. The van der Waals surface area contributed by atoms with Gasteiger partial charge in [0.25, 0.3) is 0 Å². The van der Waals surface area contributed by atoms with Crippen molar-refractivity contribution in [1.82, 2.24) is 0 Å². The molecule has 55 heavy (non-hydrogen) atoms. The first-order valence-corrected chi connectivity index (χ1v) is 21.9. The molecule has 4 bridgehead atoms. The van der Waals surface area contributed by atoms with Gasteiger partial charge in [-0.1, -0.05) is 93.5 Å². The predicted molar refractivity (Wildman–Crippen MR) is 211 cm³/mol. The first-order chi connectivity index (χ1) is 26.2. The third kappa shape index (κ3) is 3.78. The van der Waals surface area contributed by atoms with Crippen molar-refractivity contribution in [3.63, 3.8) is 0 Å². The van der Waals surface area contributed by atoms with Crippen molar-refractivity contribution >= 4 is 17.9 Å². The normalized spacial score (nSPS) is 53.6. The Bertz CT molecular complexity index is 2080. The molecule has 6 nitrogen and oxygen atoms in total. The van der Waals surface area contributed by atoms with E-state index < -0.39 is 51.5 Å². The fraction of sp³-hybridized carbons (Fsp3) is 0.694. The Labute approximate surface area is 326 Å². The minimum Gasteiger partial charge on any atom is -0.396 e. The number of rotatable bonds is 3. The molecule has 5 N–H and O–H groups in total. The smallest absolute Gasteiger partial charge is 0.159 e. The number of aliphatic hydroxyl groups excluding tert-OH is 4. The van der Waals surface area contributed by atoms with E-state index in [0.29, 0.717) is 25.2 Å². The lowest BCUT2D eigenvalue weighted by molar-refractivity contribution is -0.289. The molecule has 1 aromatic rings. The van der Waals surface area contributed by atoms with E-state index in [1.165, 1.54) is 16.0 Å². The van der Waals surface area contributed by atoms with Gasteiger partial charge < -0.3 is 25.5 Å². The zero-order chi connectivity index (χ0) is 38.2. The largest absolute Gasteiger partial charge is 0.396 e. The molecule has 0 amide bonds. The summed E-state index contributed by atoms with van der Waals surface area (Å²) in [7, 11) is 0. The SMILES string of the molecule is CC1(C)CC2C3=CC(=O)C4C56C7C=CCC(C(O)CO)(C(O)C7)C5CCC4(CCC4C=c5ccccc5=CC46)C3(C)CC3(O)C=CC4CCCC4(C1)C23CO. The molecule has 1 aromatic carbocycles. The fourth-order valence-corrected chi connectivity index (χ4v) is 18.7. The minimum atomic E-state index is -1.22. The molecular weight excluding hydrogens is 685 g/mol. The second-order valence-corrected chi connectivity index (χ2v) is 21.8. The van der Waals surface area contributed by atoms with Gasteiger partial charge in [-0.3, -0.25) is 4.79 Å². The monoisotopic (exact) mass is 746 g/mol. The maximum atomic E-state index is 16.1. The van der Waals surface area contributed by atoms with Gasteiger partial charge in [0, 0.05) is 16.7 Å². The Hall–Kier alpha value is -2.35. The number of allylic oxidation sites excluding steroid dienone is 5. The van der Waals surface area contributed by atoms with Crippen molar-refractivity contribution in [2.24, 2.45) is 79.3 Å². The third-order valence-corrected chi connectivity index (χ3v) is 20.1. The van der Waals surface area contributed by atoms with Crippen LogP contribution in [0.15, 0.2) is 60.2 Å². The molecule has 16 atom stereocenters. The van der Waals surface area contributed by atoms with E-state index in [4.69, 9.17) is 0 Å². The number of hydrogen-bond acceptors (Lipinski definition) is 6. The van der Waals surface area contributed by atoms with Gasteiger partial charge in [0.1, 0.15) is 0 Å². The molecule has 0 radical (unpaired) electrons. The summed E-state index contributed by atoms with van der Waals surface area (Å²) in [6, 6.07) is 8.62. The first-order valence-electron chi connectivity index (χ1n) is 21.9. The number of carbonyl (C=O) groups is 1. The minimum absolute atomic E-state index is 0.00140. The summed E-state index contributed by atoms with van der Waals surface area (Å²) < 4.78 is 0. The van der Waals surface area contributed by atoms with Gasteiger partial charge in [-0.25, -0.2) is 0 Å². The van der Waals surface area contributed by atoms with E-state index in [1.54, 1.807) is 0 Å². The summed E-state index contributed by atoms with van der Waals surface area (Å²) in [5.74, 6) is -0.104. The van der Waals surface area contributed by atoms with Crippen molar-refractivity contribution in [3.05, 3.63) is 70.7 Å². The molecular formula is C49H62O6. The molecule has 16 unspecified atom stereocenters. The van der Waals surface area contributed by atoms with Crippen LogP contribution < -0.4 is 10.4 Å². The van der Waals surface area contributed by atoms with Crippen molar-refractivity contribution in [3.8, 4) is 0 Å². The van der Waals surface area contributed by atoms with Gasteiger partial charge in [-0.2, -0.15) is 0 Å². The molecule has 6 fully saturated rings. The molecule has 0 aromatic heterocycles. The molecule has 11 aliphatic rings. The van der Waals surface area contributed by atoms with Gasteiger partial charge in [0.2, 0.25) is 0 Å². The highest BCUT2D eigenvalue weighted by atomic mass is 16.3. The molecule has 0 heterocycles. The van der Waals surface area contributed by atoms with Crippen molar-refractivity contribution in [1.29, 1.82) is 0 Å². The quantitative estimate of drug-likeness (QED) is 0.265. The number of hydrogen-bond donors (Lipinski definition) is 5. The Morgan fingerprint density at radius 3 is 2.44 bits per heavy atom. The van der Waals surface area contributed by atoms with Gasteiger partial charge in [-0.05, 0) is 150 Å². The molecule has 11 aliphatic carbocycles. The van der Waals surface area contributed by atoms with Crippen molar-refractivity contribution < 1.29 is 30.3 Å². The molecule has 294 valence electrons. The molecule has 2 spiro atoms. The fourth-order valence-electron chi connectivity index (χ4n) is 18.7. The number of benzene rings is 1. The number of carbonyl (C=O) groups excluding carboxylic acids is 1. The molecule has 0 saturated heterocycles. The second-order valence-electron chi connectivity index (χ2n) is 21.8. The Morgan fingerprint density at radius 1 is 0.909 bits per heavy atom. The van der Waals surface area contributed by atoms with Crippen LogP contribution in [-0.2, 0) is 4.79 Å². The van der Waals surface area contributed by atoms with Crippen LogP contribution in [0.2, 0.25) is 0 Å². The number of fused-ring (bicyclic) bond motifs is 6. The van der Waals surface area contributed by atoms with Crippen LogP contribution in [0.3, 0.4) is 0 Å². The summed E-state index contributed by atoms with van der Waals surface area (Å²) in [5.41, 5.74) is -3.60. The molecule has 6 heteroatoms. The Morgan fingerprint density at radius 2 is 1.67 bits per heavy atom. The molecule has 0 aliphatic heterocycles. The summed E-state index contributed by atoms with van der Waals surface area (Å²) >= 11 is 0. The first kappa shape index (κ1) is 35.8. The van der Waals surface area contributed by atoms with Crippen LogP contribution >= 0.6 is 0 Å². The van der Waals surface area contributed by atoms with E-state index in [2.05, 4.69) is 87.6 Å². The lowest BCUT2D eigenvalue weighted by atomic mass is 9.26. The second kappa shape index (κ2) is 11.0. The highest BCUT2D eigenvalue weighted by molar-refractivity contribution is 5.96. The average Bonchev–Trinajstić information content (AvgIpc) is 3.34. The van der Waals surface area contributed by atoms with Crippen LogP contribution in [0, 0.1) is 79.3 Å². The van der Waals surface area contributed by atoms with Crippen LogP contribution in [0.25, 0.3) is 12.2 Å². The summed E-state index contributed by atoms with van der Waals surface area (Å²) in [6.07, 6.45) is 23.8.